The quantitative estimate of drug-likeness (QED) is 0.661. The van der Waals surface area contributed by atoms with Crippen molar-refractivity contribution >= 4 is 0 Å². The summed E-state index contributed by atoms with van der Waals surface area (Å²) >= 11 is 0. The molecule has 2 heteroatoms. The Morgan fingerprint density at radius 3 is 2.06 bits per heavy atom. The summed E-state index contributed by atoms with van der Waals surface area (Å²) in [5.41, 5.74) is -0.448. The minimum absolute atomic E-state index is 0.162. The van der Waals surface area contributed by atoms with E-state index in [0.717, 1.165) is 0 Å². The van der Waals surface area contributed by atoms with E-state index in [1.807, 2.05) is 0 Å². The molecule has 1 aromatic rings. The molecule has 0 unspecified atom stereocenters. The van der Waals surface area contributed by atoms with Crippen molar-refractivity contribution in [2.45, 2.75) is 39.3 Å². The molecule has 0 spiro atoms. The molecule has 1 saturated carbocycles. The van der Waals surface area contributed by atoms with Crippen molar-refractivity contribution < 1.29 is 8.78 Å². The Balaban J connectivity index is 2.10. The van der Waals surface area contributed by atoms with Crippen LogP contribution >= 0.6 is 0 Å². The number of rotatable bonds is 1. The lowest BCUT2D eigenvalue weighted by Crippen LogP contribution is -2.43. The van der Waals surface area contributed by atoms with Crippen molar-refractivity contribution in [3.63, 3.8) is 0 Å². The molecule has 1 aromatic carbocycles. The van der Waals surface area contributed by atoms with Gasteiger partial charge < -0.3 is 0 Å². The minimum atomic E-state index is -1.23. The third kappa shape index (κ3) is 1.98. The molecule has 0 amide bonds. The molecule has 0 radical (unpaired) electrons. The first kappa shape index (κ1) is 11.6. The minimum Gasteiger partial charge on any atom is -0.239 e. The van der Waals surface area contributed by atoms with Gasteiger partial charge in [-0.25, -0.2) is 8.78 Å². The number of alkyl halides is 1. The molecule has 1 aliphatic rings. The molecule has 0 heterocycles. The standard InChI is InChI=1S/C14H18F2/c1-13(2,3)11-8-14(16,9-11)10-4-6-12(15)7-5-10/h4-7,11H,8-9H2,1-3H3. The largest absolute Gasteiger partial charge is 0.239 e. The van der Waals surface area contributed by atoms with Gasteiger partial charge in [-0.05, 0) is 41.9 Å². The van der Waals surface area contributed by atoms with E-state index in [9.17, 15) is 8.78 Å². The molecular weight excluding hydrogens is 206 g/mol. The third-order valence-corrected chi connectivity index (χ3v) is 3.73. The van der Waals surface area contributed by atoms with Gasteiger partial charge in [-0.2, -0.15) is 0 Å². The van der Waals surface area contributed by atoms with Crippen LogP contribution in [0.15, 0.2) is 24.3 Å². The van der Waals surface area contributed by atoms with E-state index in [4.69, 9.17) is 0 Å². The van der Waals surface area contributed by atoms with Crippen LogP contribution in [-0.2, 0) is 5.67 Å². The van der Waals surface area contributed by atoms with Gasteiger partial charge >= 0.3 is 0 Å². The Kier molecular flexibility index (Phi) is 2.56. The van der Waals surface area contributed by atoms with E-state index in [1.165, 1.54) is 12.1 Å². The molecule has 0 aliphatic heterocycles. The zero-order valence-electron chi connectivity index (χ0n) is 10.1. The summed E-state index contributed by atoms with van der Waals surface area (Å²) in [4.78, 5) is 0. The highest BCUT2D eigenvalue weighted by Crippen LogP contribution is 2.55. The maximum Gasteiger partial charge on any atom is 0.136 e. The Bertz CT molecular complexity index is 367. The fourth-order valence-electron chi connectivity index (χ4n) is 2.32. The Morgan fingerprint density at radius 2 is 1.62 bits per heavy atom. The number of halogens is 2. The van der Waals surface area contributed by atoms with Crippen molar-refractivity contribution in [3.05, 3.63) is 35.6 Å². The van der Waals surface area contributed by atoms with E-state index in [2.05, 4.69) is 20.8 Å². The maximum atomic E-state index is 14.4. The van der Waals surface area contributed by atoms with Crippen molar-refractivity contribution in [1.29, 1.82) is 0 Å². The second kappa shape index (κ2) is 3.54. The van der Waals surface area contributed by atoms with E-state index in [-0.39, 0.29) is 11.2 Å². The second-order valence-electron chi connectivity index (χ2n) is 5.94. The van der Waals surface area contributed by atoms with Gasteiger partial charge in [-0.1, -0.05) is 32.9 Å². The summed E-state index contributed by atoms with van der Waals surface area (Å²) in [5, 5.41) is 0. The monoisotopic (exact) mass is 224 g/mol. The lowest BCUT2D eigenvalue weighted by Gasteiger charge is -2.48. The molecule has 0 saturated heterocycles. The average Bonchev–Trinajstić information content (AvgIpc) is 2.12. The fraction of sp³-hybridized carbons (Fsp3) is 0.571. The first-order valence-electron chi connectivity index (χ1n) is 5.76. The molecule has 0 nitrogen and oxygen atoms in total. The second-order valence-corrected chi connectivity index (χ2v) is 5.94. The van der Waals surface area contributed by atoms with E-state index in [0.29, 0.717) is 24.3 Å². The van der Waals surface area contributed by atoms with Crippen LogP contribution in [0.3, 0.4) is 0 Å². The summed E-state index contributed by atoms with van der Waals surface area (Å²) in [7, 11) is 0. The fourth-order valence-corrected chi connectivity index (χ4v) is 2.32. The third-order valence-electron chi connectivity index (χ3n) is 3.73. The number of benzene rings is 1. The zero-order valence-corrected chi connectivity index (χ0v) is 10.1. The van der Waals surface area contributed by atoms with Crippen LogP contribution in [0.5, 0.6) is 0 Å². The summed E-state index contributed by atoms with van der Waals surface area (Å²) < 4.78 is 27.2. The van der Waals surface area contributed by atoms with Crippen molar-refractivity contribution in [2.24, 2.45) is 11.3 Å². The topological polar surface area (TPSA) is 0 Å². The van der Waals surface area contributed by atoms with Gasteiger partial charge in [0, 0.05) is 0 Å². The van der Waals surface area contributed by atoms with Gasteiger partial charge in [-0.15, -0.1) is 0 Å². The van der Waals surface area contributed by atoms with Crippen LogP contribution in [0.1, 0.15) is 39.2 Å². The maximum absolute atomic E-state index is 14.4. The molecule has 0 aromatic heterocycles. The van der Waals surface area contributed by atoms with Gasteiger partial charge in [0.05, 0.1) is 0 Å². The van der Waals surface area contributed by atoms with Crippen LogP contribution in [-0.4, -0.2) is 0 Å². The molecule has 0 N–H and O–H groups in total. The lowest BCUT2D eigenvalue weighted by molar-refractivity contribution is -0.0476. The molecule has 0 bridgehead atoms. The van der Waals surface area contributed by atoms with Gasteiger partial charge in [0.1, 0.15) is 11.5 Å². The first-order valence-corrected chi connectivity index (χ1v) is 5.76. The van der Waals surface area contributed by atoms with Crippen LogP contribution in [0.4, 0.5) is 8.78 Å². The van der Waals surface area contributed by atoms with Crippen molar-refractivity contribution in [3.8, 4) is 0 Å². The van der Waals surface area contributed by atoms with Crippen LogP contribution in [0, 0.1) is 17.2 Å². The van der Waals surface area contributed by atoms with E-state index >= 15 is 0 Å². The Labute approximate surface area is 95.7 Å². The van der Waals surface area contributed by atoms with Crippen LogP contribution in [0.2, 0.25) is 0 Å². The summed E-state index contributed by atoms with van der Waals surface area (Å²) in [6, 6.07) is 5.80. The molecule has 88 valence electrons. The van der Waals surface area contributed by atoms with Crippen LogP contribution in [0.25, 0.3) is 0 Å². The summed E-state index contributed by atoms with van der Waals surface area (Å²) in [5.74, 6) is 0.113. The predicted molar refractivity (Wildman–Crippen MR) is 61.4 cm³/mol. The SMILES string of the molecule is CC(C)(C)C1CC(F)(c2ccc(F)cc2)C1. The molecule has 1 fully saturated rings. The molecule has 0 atom stereocenters. The van der Waals surface area contributed by atoms with Gasteiger partial charge in [0.25, 0.3) is 0 Å². The van der Waals surface area contributed by atoms with E-state index in [1.54, 1.807) is 12.1 Å². The molecule has 1 aliphatic carbocycles. The van der Waals surface area contributed by atoms with Gasteiger partial charge in [-0.3, -0.25) is 0 Å². The highest BCUT2D eigenvalue weighted by Gasteiger charge is 2.50. The van der Waals surface area contributed by atoms with Crippen molar-refractivity contribution in [1.82, 2.24) is 0 Å². The first-order chi connectivity index (χ1) is 7.31. The van der Waals surface area contributed by atoms with Gasteiger partial charge in [0.15, 0.2) is 0 Å². The predicted octanol–water partition coefficient (Wildman–Crippen LogP) is 4.45. The highest BCUT2D eigenvalue weighted by atomic mass is 19.1. The van der Waals surface area contributed by atoms with Crippen molar-refractivity contribution in [2.75, 3.05) is 0 Å². The Hall–Kier alpha value is -0.920. The normalized spacial score (nSPS) is 29.9. The molecular formula is C14H18F2. The number of hydrogen-bond acceptors (Lipinski definition) is 0. The van der Waals surface area contributed by atoms with Crippen LogP contribution < -0.4 is 0 Å². The molecule has 16 heavy (non-hydrogen) atoms. The zero-order chi connectivity index (χ0) is 12.0. The Morgan fingerprint density at radius 1 is 1.12 bits per heavy atom. The lowest BCUT2D eigenvalue weighted by atomic mass is 9.59. The number of hydrogen-bond donors (Lipinski definition) is 0. The smallest absolute Gasteiger partial charge is 0.136 e. The van der Waals surface area contributed by atoms with E-state index < -0.39 is 5.67 Å². The summed E-state index contributed by atoms with van der Waals surface area (Å²) in [6.45, 7) is 6.42. The van der Waals surface area contributed by atoms with Gasteiger partial charge in [0.2, 0.25) is 0 Å². The highest BCUT2D eigenvalue weighted by molar-refractivity contribution is 5.26. The average molecular weight is 224 g/mol. The summed E-state index contributed by atoms with van der Waals surface area (Å²) in [6.07, 6.45) is 1.12. The molecule has 2 rings (SSSR count).